The van der Waals surface area contributed by atoms with Crippen LogP contribution in [0.1, 0.15) is 37.3 Å². The lowest BCUT2D eigenvalue weighted by atomic mass is 10.0. The minimum absolute atomic E-state index is 0.0167. The Morgan fingerprint density at radius 1 is 0.686 bits per heavy atom. The molecule has 0 radical (unpaired) electrons. The summed E-state index contributed by atoms with van der Waals surface area (Å²) in [6.07, 6.45) is 0.0647. The van der Waals surface area contributed by atoms with Gasteiger partial charge in [0.2, 0.25) is 29.5 Å². The van der Waals surface area contributed by atoms with Gasteiger partial charge in [-0.25, -0.2) is 4.79 Å². The zero-order chi connectivity index (χ0) is 37.9. The molecule has 6 atom stereocenters. The van der Waals surface area contributed by atoms with Crippen LogP contribution in [0, 0.1) is 5.92 Å². The van der Waals surface area contributed by atoms with Crippen LogP contribution in [-0.2, 0) is 46.4 Å². The molecule has 0 aliphatic heterocycles. The number of hydrogen-bond acceptors (Lipinski definition) is 10. The maximum absolute atomic E-state index is 13.7. The third kappa shape index (κ3) is 15.6. The first kappa shape index (κ1) is 42.2. The van der Waals surface area contributed by atoms with Crippen LogP contribution >= 0.6 is 12.6 Å². The van der Waals surface area contributed by atoms with Crippen LogP contribution in [0.5, 0.6) is 0 Å². The van der Waals surface area contributed by atoms with Gasteiger partial charge in [-0.3, -0.25) is 28.8 Å². The first-order valence-corrected chi connectivity index (χ1v) is 16.9. The first-order chi connectivity index (χ1) is 24.2. The molecule has 0 aliphatic carbocycles. The highest BCUT2D eigenvalue weighted by Crippen LogP contribution is 2.10. The van der Waals surface area contributed by atoms with Crippen LogP contribution in [0.3, 0.4) is 0 Å². The van der Waals surface area contributed by atoms with E-state index in [0.717, 1.165) is 5.56 Å². The molecule has 5 amide bonds. The molecule has 0 heterocycles. The average molecular weight is 730 g/mol. The first-order valence-electron chi connectivity index (χ1n) is 16.3. The SMILES string of the molecule is CC(CCN)CC(=O)N[C@@H](Cc1ccccc1)C(=O)N[C@@H](Cc1ccccc1)C(=O)NC[C@H](N)C(=O)N[C@@H](CC(=O)O)C(=O)N[C@@H](CS)C(=O)O. The molecule has 11 N–H and O–H groups in total. The summed E-state index contributed by atoms with van der Waals surface area (Å²) in [5.41, 5.74) is 13.1. The molecule has 2 rings (SSSR count). The minimum Gasteiger partial charge on any atom is -0.481 e. The Morgan fingerprint density at radius 2 is 1.18 bits per heavy atom. The number of carboxylic acids is 2. The van der Waals surface area contributed by atoms with Crippen molar-refractivity contribution in [2.45, 2.75) is 69.2 Å². The van der Waals surface area contributed by atoms with Crippen molar-refractivity contribution in [3.8, 4) is 0 Å². The van der Waals surface area contributed by atoms with Crippen LogP contribution < -0.4 is 38.1 Å². The molecular weight excluding hydrogens is 682 g/mol. The Kier molecular flexibility index (Phi) is 18.1. The van der Waals surface area contributed by atoms with E-state index in [9.17, 15) is 43.8 Å². The van der Waals surface area contributed by atoms with E-state index in [-0.39, 0.29) is 36.8 Å². The monoisotopic (exact) mass is 729 g/mol. The minimum atomic E-state index is -1.68. The summed E-state index contributed by atoms with van der Waals surface area (Å²) in [5.74, 6) is -6.97. The highest BCUT2D eigenvalue weighted by atomic mass is 32.1. The summed E-state index contributed by atoms with van der Waals surface area (Å²) in [7, 11) is 0. The van der Waals surface area contributed by atoms with Gasteiger partial charge in [0.15, 0.2) is 0 Å². The van der Waals surface area contributed by atoms with E-state index in [1.54, 1.807) is 54.6 Å². The number of aliphatic carboxylic acids is 2. The molecule has 51 heavy (non-hydrogen) atoms. The highest BCUT2D eigenvalue weighted by molar-refractivity contribution is 7.80. The third-order valence-corrected chi connectivity index (χ3v) is 8.05. The number of amides is 5. The number of rotatable bonds is 22. The molecular formula is C34H47N7O9S. The van der Waals surface area contributed by atoms with Crippen molar-refractivity contribution in [2.75, 3.05) is 18.8 Å². The van der Waals surface area contributed by atoms with Gasteiger partial charge in [0.05, 0.1) is 6.42 Å². The summed E-state index contributed by atoms with van der Waals surface area (Å²) in [6, 6.07) is 11.0. The number of carboxylic acid groups (broad SMARTS) is 2. The summed E-state index contributed by atoms with van der Waals surface area (Å²) < 4.78 is 0. The maximum Gasteiger partial charge on any atom is 0.327 e. The van der Waals surface area contributed by atoms with Gasteiger partial charge < -0.3 is 48.3 Å². The van der Waals surface area contributed by atoms with Gasteiger partial charge in [-0.05, 0) is 30.0 Å². The molecule has 0 bridgehead atoms. The maximum atomic E-state index is 13.7. The van der Waals surface area contributed by atoms with Crippen molar-refractivity contribution in [2.24, 2.45) is 17.4 Å². The lowest BCUT2D eigenvalue weighted by Gasteiger charge is -2.25. The lowest BCUT2D eigenvalue weighted by Crippen LogP contribution is -2.58. The van der Waals surface area contributed by atoms with Crippen molar-refractivity contribution in [1.82, 2.24) is 26.6 Å². The van der Waals surface area contributed by atoms with E-state index in [1.165, 1.54) is 0 Å². The van der Waals surface area contributed by atoms with Gasteiger partial charge in [-0.1, -0.05) is 67.6 Å². The second-order valence-electron chi connectivity index (χ2n) is 12.0. The van der Waals surface area contributed by atoms with Crippen LogP contribution in [0.2, 0.25) is 0 Å². The second-order valence-corrected chi connectivity index (χ2v) is 12.4. The molecule has 17 heteroatoms. The molecule has 0 aromatic heterocycles. The van der Waals surface area contributed by atoms with Gasteiger partial charge >= 0.3 is 11.9 Å². The van der Waals surface area contributed by atoms with E-state index in [4.69, 9.17) is 11.5 Å². The van der Waals surface area contributed by atoms with Gasteiger partial charge in [-0.2, -0.15) is 12.6 Å². The Labute approximate surface area is 301 Å². The Hall–Kier alpha value is -5.00. The van der Waals surface area contributed by atoms with E-state index >= 15 is 0 Å². The van der Waals surface area contributed by atoms with Crippen molar-refractivity contribution >= 4 is 54.1 Å². The van der Waals surface area contributed by atoms with Crippen molar-refractivity contribution in [1.29, 1.82) is 0 Å². The van der Waals surface area contributed by atoms with Crippen LogP contribution in [0.15, 0.2) is 60.7 Å². The predicted octanol–water partition coefficient (Wildman–Crippen LogP) is -1.28. The largest absolute Gasteiger partial charge is 0.481 e. The number of nitrogens with one attached hydrogen (secondary N) is 5. The summed E-state index contributed by atoms with van der Waals surface area (Å²) in [4.78, 5) is 88.2. The zero-order valence-electron chi connectivity index (χ0n) is 28.2. The van der Waals surface area contributed by atoms with Crippen LogP contribution in [0.25, 0.3) is 0 Å². The molecule has 0 spiro atoms. The van der Waals surface area contributed by atoms with E-state index in [2.05, 4.69) is 39.2 Å². The average Bonchev–Trinajstić information content (AvgIpc) is 3.08. The van der Waals surface area contributed by atoms with Crippen LogP contribution in [0.4, 0.5) is 0 Å². The predicted molar refractivity (Wildman–Crippen MR) is 190 cm³/mol. The van der Waals surface area contributed by atoms with Gasteiger partial charge in [0.1, 0.15) is 30.2 Å². The topological polar surface area (TPSA) is 272 Å². The Morgan fingerprint density at radius 3 is 1.67 bits per heavy atom. The fraction of sp³-hybridized carbons (Fsp3) is 0.441. The number of thiol groups is 1. The van der Waals surface area contributed by atoms with E-state index in [0.29, 0.717) is 18.5 Å². The quantitative estimate of drug-likeness (QED) is 0.0638. The molecule has 0 fully saturated rings. The van der Waals surface area contributed by atoms with Gasteiger partial charge in [-0.15, -0.1) is 0 Å². The lowest BCUT2D eigenvalue weighted by molar-refractivity contribution is -0.143. The standard InChI is InChI=1S/C34H47N7O9S/c1-20(12-13-35)14-28(42)38-25(16-22-10-6-3-7-11-22)32(47)40-24(15-21-8-4-2-5-9-21)31(46)37-18-23(36)30(45)39-26(17-29(43)44)33(48)41-27(19-51)34(49)50/h2-11,20,23-27,51H,12-19,35-36H2,1H3,(H,37,46)(H,38,42)(H,39,45)(H,40,47)(H,41,48)(H,43,44)(H,49,50)/t20?,23-,24-,25-,26-,27-/m0/s1. The van der Waals surface area contributed by atoms with Gasteiger partial charge in [0, 0.05) is 31.6 Å². The molecule has 0 saturated carbocycles. The van der Waals surface area contributed by atoms with Gasteiger partial charge in [0.25, 0.3) is 0 Å². The van der Waals surface area contributed by atoms with Crippen molar-refractivity contribution in [3.05, 3.63) is 71.8 Å². The number of nitrogens with two attached hydrogens (primary N) is 2. The molecule has 0 aliphatic rings. The highest BCUT2D eigenvalue weighted by Gasteiger charge is 2.31. The fourth-order valence-corrected chi connectivity index (χ4v) is 5.14. The normalized spacial score (nSPS) is 14.4. The van der Waals surface area contributed by atoms with Crippen molar-refractivity contribution < 1.29 is 43.8 Å². The Bertz CT molecular complexity index is 1480. The van der Waals surface area contributed by atoms with Crippen molar-refractivity contribution in [3.63, 3.8) is 0 Å². The number of carbonyl (C=O) groups is 7. The molecule has 2 aromatic carbocycles. The third-order valence-electron chi connectivity index (χ3n) is 7.69. The smallest absolute Gasteiger partial charge is 0.327 e. The summed E-state index contributed by atoms with van der Waals surface area (Å²) in [5, 5.41) is 30.7. The summed E-state index contributed by atoms with van der Waals surface area (Å²) >= 11 is 3.84. The second kappa shape index (κ2) is 22.0. The van der Waals surface area contributed by atoms with E-state index < -0.39 is 78.7 Å². The molecule has 16 nitrogen and oxygen atoms in total. The zero-order valence-corrected chi connectivity index (χ0v) is 29.1. The number of hydrogen-bond donors (Lipinski definition) is 10. The molecule has 1 unspecified atom stereocenters. The number of carbonyl (C=O) groups excluding carboxylic acids is 5. The molecule has 0 saturated heterocycles. The molecule has 2 aromatic rings. The molecule has 278 valence electrons. The Balaban J connectivity index is 2.20. The van der Waals surface area contributed by atoms with Crippen LogP contribution in [-0.4, -0.2) is 101 Å². The number of benzene rings is 2. The fourth-order valence-electron chi connectivity index (χ4n) is 4.89. The summed E-state index contributed by atoms with van der Waals surface area (Å²) in [6.45, 7) is 1.81. The van der Waals surface area contributed by atoms with E-state index in [1.807, 2.05) is 13.0 Å².